The summed E-state index contributed by atoms with van der Waals surface area (Å²) in [5.41, 5.74) is 10.5. The molecule has 4 aromatic rings. The number of nitrogens with two attached hydrogens (primary N) is 1. The zero-order valence-electron chi connectivity index (χ0n) is 25.2. The van der Waals surface area contributed by atoms with Crippen molar-refractivity contribution in [2.24, 2.45) is 11.8 Å². The fourth-order valence-electron chi connectivity index (χ4n) is 7.54. The molecule has 3 fully saturated rings. The van der Waals surface area contributed by atoms with E-state index in [-0.39, 0.29) is 11.9 Å². The standard InChI is InChI=1S/C37H44N4O2/c38-37-39-33-22-21-32(43-31-17-8-3-9-18-31)24-34(33)41(37)35(27-11-4-1-5-12-27)28-13-10-14-29(23-28)36(42)40(25-26-19-20-26)30-15-6-2-7-16-30/h3,8-10,13-14,17-18,21-24,26-27,30,35H,1-2,4-7,11-12,15-16,19-20,25H2,(H2,38,39). The van der Waals surface area contributed by atoms with Gasteiger partial charge in [0, 0.05) is 24.2 Å². The van der Waals surface area contributed by atoms with Crippen molar-refractivity contribution in [2.75, 3.05) is 12.3 Å². The van der Waals surface area contributed by atoms with E-state index in [4.69, 9.17) is 15.5 Å². The minimum Gasteiger partial charge on any atom is -0.457 e. The van der Waals surface area contributed by atoms with E-state index in [1.165, 1.54) is 51.4 Å². The summed E-state index contributed by atoms with van der Waals surface area (Å²) in [6.07, 6.45) is 14.5. The third kappa shape index (κ3) is 6.15. The predicted octanol–water partition coefficient (Wildman–Crippen LogP) is 8.77. The van der Waals surface area contributed by atoms with E-state index in [1.807, 2.05) is 48.5 Å². The Morgan fingerprint density at radius 1 is 0.837 bits per heavy atom. The summed E-state index contributed by atoms with van der Waals surface area (Å²) in [5, 5.41) is 0. The van der Waals surface area contributed by atoms with Crippen LogP contribution in [0.2, 0.25) is 0 Å². The monoisotopic (exact) mass is 576 g/mol. The molecule has 3 aliphatic carbocycles. The summed E-state index contributed by atoms with van der Waals surface area (Å²) in [6, 6.07) is 24.7. The molecule has 3 aliphatic rings. The molecule has 1 unspecified atom stereocenters. The van der Waals surface area contributed by atoms with Gasteiger partial charge in [0.05, 0.1) is 17.1 Å². The van der Waals surface area contributed by atoms with E-state index in [9.17, 15) is 4.79 Å². The third-order valence-electron chi connectivity index (χ3n) is 9.94. The molecule has 0 aliphatic heterocycles. The number of para-hydroxylation sites is 1. The highest BCUT2D eigenvalue weighted by molar-refractivity contribution is 5.94. The van der Waals surface area contributed by atoms with E-state index in [2.05, 4.69) is 33.7 Å². The Labute approximate surface area is 255 Å². The number of anilines is 1. The Morgan fingerprint density at radius 2 is 1.58 bits per heavy atom. The van der Waals surface area contributed by atoms with Gasteiger partial charge in [-0.15, -0.1) is 0 Å². The number of benzene rings is 3. The maximum Gasteiger partial charge on any atom is 0.254 e. The summed E-state index contributed by atoms with van der Waals surface area (Å²) in [7, 11) is 0. The molecule has 3 saturated carbocycles. The van der Waals surface area contributed by atoms with Crippen molar-refractivity contribution < 1.29 is 9.53 Å². The smallest absolute Gasteiger partial charge is 0.254 e. The van der Waals surface area contributed by atoms with Gasteiger partial charge in [-0.2, -0.15) is 0 Å². The number of nitrogens with zero attached hydrogens (tertiary/aromatic N) is 3. The second-order valence-corrected chi connectivity index (χ2v) is 13.1. The first-order valence-electron chi connectivity index (χ1n) is 16.6. The number of hydrogen-bond acceptors (Lipinski definition) is 4. The number of carbonyl (C=O) groups excluding carboxylic acids is 1. The van der Waals surface area contributed by atoms with Crippen molar-refractivity contribution >= 4 is 22.9 Å². The van der Waals surface area contributed by atoms with Crippen LogP contribution in [0, 0.1) is 11.8 Å². The van der Waals surface area contributed by atoms with Crippen LogP contribution in [0.1, 0.15) is 99.0 Å². The lowest BCUT2D eigenvalue weighted by atomic mass is 9.80. The highest BCUT2D eigenvalue weighted by Crippen LogP contribution is 2.42. The third-order valence-corrected chi connectivity index (χ3v) is 9.94. The van der Waals surface area contributed by atoms with Gasteiger partial charge in [0.1, 0.15) is 11.5 Å². The van der Waals surface area contributed by atoms with Crippen molar-refractivity contribution in [3.63, 3.8) is 0 Å². The molecular formula is C37H44N4O2. The summed E-state index contributed by atoms with van der Waals surface area (Å²) < 4.78 is 8.44. The van der Waals surface area contributed by atoms with Gasteiger partial charge in [-0.1, -0.05) is 68.9 Å². The minimum absolute atomic E-state index is 0.00316. The number of amides is 1. The van der Waals surface area contributed by atoms with Crippen LogP contribution in [0.15, 0.2) is 72.8 Å². The Balaban J connectivity index is 1.26. The van der Waals surface area contributed by atoms with Gasteiger partial charge in [-0.25, -0.2) is 4.98 Å². The van der Waals surface area contributed by atoms with Crippen molar-refractivity contribution in [1.29, 1.82) is 0 Å². The fraction of sp³-hybridized carbons (Fsp3) is 0.459. The fourth-order valence-corrected chi connectivity index (χ4v) is 7.54. The molecule has 0 radical (unpaired) electrons. The average Bonchev–Trinajstić information content (AvgIpc) is 3.83. The largest absolute Gasteiger partial charge is 0.457 e. The van der Waals surface area contributed by atoms with Crippen LogP contribution in [0.5, 0.6) is 11.5 Å². The van der Waals surface area contributed by atoms with Crippen molar-refractivity contribution in [3.05, 3.63) is 83.9 Å². The van der Waals surface area contributed by atoms with Crippen molar-refractivity contribution in [2.45, 2.75) is 89.1 Å². The topological polar surface area (TPSA) is 73.4 Å². The molecule has 43 heavy (non-hydrogen) atoms. The van der Waals surface area contributed by atoms with Crippen molar-refractivity contribution in [3.8, 4) is 11.5 Å². The lowest BCUT2D eigenvalue weighted by molar-refractivity contribution is 0.0621. The van der Waals surface area contributed by atoms with Gasteiger partial charge in [0.25, 0.3) is 5.91 Å². The first-order valence-corrected chi connectivity index (χ1v) is 16.6. The number of carbonyl (C=O) groups is 1. The Bertz CT molecular complexity index is 1550. The molecule has 6 nitrogen and oxygen atoms in total. The average molecular weight is 577 g/mol. The van der Waals surface area contributed by atoms with E-state index in [0.717, 1.165) is 65.9 Å². The number of imidazole rings is 1. The van der Waals surface area contributed by atoms with Gasteiger partial charge in [0.15, 0.2) is 0 Å². The van der Waals surface area contributed by atoms with Crippen LogP contribution in [-0.2, 0) is 0 Å². The number of rotatable bonds is 9. The predicted molar refractivity (Wildman–Crippen MR) is 172 cm³/mol. The van der Waals surface area contributed by atoms with E-state index >= 15 is 0 Å². The first kappa shape index (κ1) is 28.0. The highest BCUT2D eigenvalue weighted by Gasteiger charge is 2.34. The zero-order valence-corrected chi connectivity index (χ0v) is 25.2. The van der Waals surface area contributed by atoms with Gasteiger partial charge in [-0.3, -0.25) is 4.79 Å². The summed E-state index contributed by atoms with van der Waals surface area (Å²) in [6.45, 7) is 0.906. The number of hydrogen-bond donors (Lipinski definition) is 1. The van der Waals surface area contributed by atoms with Crippen LogP contribution in [0.3, 0.4) is 0 Å². The summed E-state index contributed by atoms with van der Waals surface area (Å²) >= 11 is 0. The SMILES string of the molecule is Nc1nc2ccc(Oc3ccccc3)cc2n1C(c1cccc(C(=O)N(CC2CC2)C2CCCCC2)c1)C1CCCCC1. The van der Waals surface area contributed by atoms with Gasteiger partial charge in [0.2, 0.25) is 5.95 Å². The Morgan fingerprint density at radius 3 is 2.33 bits per heavy atom. The molecule has 1 atom stereocenters. The molecule has 0 saturated heterocycles. The molecule has 1 aromatic heterocycles. The van der Waals surface area contributed by atoms with Crippen LogP contribution in [-0.4, -0.2) is 32.9 Å². The molecule has 0 spiro atoms. The first-order chi connectivity index (χ1) is 21.1. The normalized spacial score (nSPS) is 18.9. The molecule has 2 N–H and O–H groups in total. The minimum atomic E-state index is -0.00316. The maximum absolute atomic E-state index is 14.2. The molecular weight excluding hydrogens is 532 g/mol. The van der Waals surface area contributed by atoms with Crippen LogP contribution in [0.4, 0.5) is 5.95 Å². The Hall–Kier alpha value is -3.80. The second kappa shape index (κ2) is 12.4. The highest BCUT2D eigenvalue weighted by atomic mass is 16.5. The van der Waals surface area contributed by atoms with Crippen molar-refractivity contribution in [1.82, 2.24) is 14.5 Å². The number of fused-ring (bicyclic) bond motifs is 1. The molecule has 6 heteroatoms. The summed E-state index contributed by atoms with van der Waals surface area (Å²) in [5.74, 6) is 3.35. The number of ether oxygens (including phenoxy) is 1. The molecule has 224 valence electrons. The second-order valence-electron chi connectivity index (χ2n) is 13.1. The van der Waals surface area contributed by atoms with E-state index < -0.39 is 0 Å². The van der Waals surface area contributed by atoms with Crippen LogP contribution in [0.25, 0.3) is 11.0 Å². The molecule has 1 heterocycles. The van der Waals surface area contributed by atoms with Crippen LogP contribution < -0.4 is 10.5 Å². The van der Waals surface area contributed by atoms with Gasteiger partial charge >= 0.3 is 0 Å². The molecule has 0 bridgehead atoms. The number of nitrogen functional groups attached to an aromatic ring is 1. The quantitative estimate of drug-likeness (QED) is 0.216. The molecule has 1 amide bonds. The van der Waals surface area contributed by atoms with Gasteiger partial charge in [-0.05, 0) is 92.3 Å². The number of aromatic nitrogens is 2. The molecule has 3 aromatic carbocycles. The zero-order chi connectivity index (χ0) is 29.2. The van der Waals surface area contributed by atoms with E-state index in [1.54, 1.807) is 0 Å². The lowest BCUT2D eigenvalue weighted by Gasteiger charge is -2.35. The Kier molecular flexibility index (Phi) is 8.10. The summed E-state index contributed by atoms with van der Waals surface area (Å²) in [4.78, 5) is 21.2. The molecule has 7 rings (SSSR count). The van der Waals surface area contributed by atoms with E-state index in [0.29, 0.717) is 23.8 Å². The van der Waals surface area contributed by atoms with Gasteiger partial charge < -0.3 is 19.9 Å². The lowest BCUT2D eigenvalue weighted by Crippen LogP contribution is -2.42. The maximum atomic E-state index is 14.2. The van der Waals surface area contributed by atoms with Crippen LogP contribution >= 0.6 is 0 Å².